The molecule has 0 spiro atoms. The number of ketones is 1. The summed E-state index contributed by atoms with van der Waals surface area (Å²) in [6.45, 7) is 2.71. The van der Waals surface area contributed by atoms with Crippen LogP contribution < -0.4 is 10.6 Å². The molecule has 1 atom stereocenters. The number of hydrogen-bond acceptors (Lipinski definition) is 13. The van der Waals surface area contributed by atoms with E-state index in [1.54, 1.807) is 6.07 Å². The van der Waals surface area contributed by atoms with E-state index >= 15 is 0 Å². The molecule has 0 radical (unpaired) electrons. The molecule has 3 rings (SSSR count). The summed E-state index contributed by atoms with van der Waals surface area (Å²) in [5, 5.41) is 13.3. The summed E-state index contributed by atoms with van der Waals surface area (Å²) in [5.41, 5.74) is 0.323. The first kappa shape index (κ1) is 38.9. The van der Waals surface area contributed by atoms with Gasteiger partial charge in [0.15, 0.2) is 0 Å². The zero-order valence-electron chi connectivity index (χ0n) is 27.0. The number of esters is 1. The number of benzene rings is 1. The molecule has 0 aromatic heterocycles. The number of rotatable bonds is 24. The molecule has 49 heavy (non-hydrogen) atoms. The largest absolute Gasteiger partial charge is 0.476 e. The lowest BCUT2D eigenvalue weighted by Gasteiger charge is -2.27. The minimum Gasteiger partial charge on any atom is -0.476 e. The van der Waals surface area contributed by atoms with Crippen molar-refractivity contribution in [2.45, 2.75) is 57.4 Å². The van der Waals surface area contributed by atoms with E-state index in [-0.39, 0.29) is 68.2 Å². The van der Waals surface area contributed by atoms with Crippen LogP contribution in [0.3, 0.4) is 0 Å². The maximum Gasteiger partial charge on any atom is 0.372 e. The summed E-state index contributed by atoms with van der Waals surface area (Å²) in [4.78, 5) is 96.0. The van der Waals surface area contributed by atoms with Crippen molar-refractivity contribution in [3.8, 4) is 0 Å². The number of amides is 5. The van der Waals surface area contributed by atoms with Crippen LogP contribution >= 0.6 is 0 Å². The summed E-state index contributed by atoms with van der Waals surface area (Å²) in [6.07, 6.45) is 1.59. The molecule has 1 saturated heterocycles. The van der Waals surface area contributed by atoms with Crippen LogP contribution in [0.1, 0.15) is 72.1 Å². The molecule has 1 aromatic carbocycles. The number of anilines is 1. The van der Waals surface area contributed by atoms with Crippen LogP contribution in [0, 0.1) is 0 Å². The highest BCUT2D eigenvalue weighted by Gasteiger charge is 2.45. The highest BCUT2D eigenvalue weighted by molar-refractivity contribution is 6.32. The van der Waals surface area contributed by atoms with Crippen molar-refractivity contribution in [1.82, 2.24) is 10.2 Å². The Hall–Kier alpha value is -4.58. The highest BCUT2D eigenvalue weighted by Crippen LogP contribution is 2.32. The van der Waals surface area contributed by atoms with Crippen molar-refractivity contribution in [3.63, 3.8) is 0 Å². The number of ether oxygens (including phenoxy) is 5. The Morgan fingerprint density at radius 1 is 0.776 bits per heavy atom. The number of aliphatic carboxylic acids is 1. The van der Waals surface area contributed by atoms with Gasteiger partial charge in [0.1, 0.15) is 12.6 Å². The second-order valence-electron chi connectivity index (χ2n) is 10.9. The maximum absolute atomic E-state index is 13.1. The fourth-order valence-corrected chi connectivity index (χ4v) is 4.87. The predicted molar refractivity (Wildman–Crippen MR) is 166 cm³/mol. The lowest BCUT2D eigenvalue weighted by Crippen LogP contribution is -2.54. The molecule has 1 unspecified atom stereocenters. The second-order valence-corrected chi connectivity index (χ2v) is 10.9. The minimum atomic E-state index is -1.58. The fourth-order valence-electron chi connectivity index (χ4n) is 4.87. The van der Waals surface area contributed by atoms with E-state index < -0.39 is 53.8 Å². The van der Waals surface area contributed by atoms with Crippen LogP contribution in [0.25, 0.3) is 0 Å². The van der Waals surface area contributed by atoms with E-state index in [9.17, 15) is 38.4 Å². The Morgan fingerprint density at radius 3 is 2.04 bits per heavy atom. The van der Waals surface area contributed by atoms with E-state index in [4.69, 9.17) is 28.8 Å². The summed E-state index contributed by atoms with van der Waals surface area (Å²) in [7, 11) is 0. The quantitative estimate of drug-likeness (QED) is 0.0585. The van der Waals surface area contributed by atoms with E-state index in [0.717, 1.165) is 17.7 Å². The number of unbranched alkanes of at least 4 members (excludes halogenated alkanes) is 2. The molecular weight excluding hydrogens is 650 g/mol. The van der Waals surface area contributed by atoms with Crippen LogP contribution in [0.2, 0.25) is 0 Å². The number of carboxylic acid groups (broad SMARTS) is 1. The first-order valence-corrected chi connectivity index (χ1v) is 16.0. The Kier molecular flexibility index (Phi) is 16.4. The van der Waals surface area contributed by atoms with E-state index in [2.05, 4.69) is 10.6 Å². The first-order chi connectivity index (χ1) is 23.6. The molecule has 0 saturated carbocycles. The van der Waals surface area contributed by atoms with Crippen molar-refractivity contribution in [2.24, 2.45) is 0 Å². The minimum absolute atomic E-state index is 0.0154. The van der Waals surface area contributed by atoms with Crippen LogP contribution in [-0.4, -0.2) is 123 Å². The normalized spacial score (nSPS) is 15.6. The maximum atomic E-state index is 13.1. The number of piperidine rings is 1. The average Bonchev–Trinajstić information content (AvgIpc) is 3.32. The molecule has 17 nitrogen and oxygen atoms in total. The number of nitrogens with zero attached hydrogens (tertiary/aromatic N) is 1. The zero-order chi connectivity index (χ0) is 35.6. The lowest BCUT2D eigenvalue weighted by molar-refractivity contribution is -0.151. The van der Waals surface area contributed by atoms with Crippen molar-refractivity contribution in [3.05, 3.63) is 29.3 Å². The zero-order valence-corrected chi connectivity index (χ0v) is 27.0. The average molecular weight is 692 g/mol. The van der Waals surface area contributed by atoms with Gasteiger partial charge in [-0.15, -0.1) is 0 Å². The van der Waals surface area contributed by atoms with Crippen molar-refractivity contribution >= 4 is 52.9 Å². The first-order valence-electron chi connectivity index (χ1n) is 16.0. The molecule has 268 valence electrons. The van der Waals surface area contributed by atoms with Crippen molar-refractivity contribution < 1.29 is 67.1 Å². The molecule has 0 aliphatic carbocycles. The fraction of sp³-hybridized carbons (Fsp3) is 0.562. The van der Waals surface area contributed by atoms with Crippen LogP contribution in [0.5, 0.6) is 0 Å². The lowest BCUT2D eigenvalue weighted by atomic mass is 10.0. The molecule has 17 heteroatoms. The number of carbonyl (C=O) groups excluding carboxylic acids is 7. The molecule has 0 bridgehead atoms. The topological polar surface area (TPSA) is 230 Å². The third-order valence-electron chi connectivity index (χ3n) is 7.34. The summed E-state index contributed by atoms with van der Waals surface area (Å²) in [6, 6.07) is 3.46. The third kappa shape index (κ3) is 12.8. The van der Waals surface area contributed by atoms with Gasteiger partial charge in [0, 0.05) is 25.9 Å². The van der Waals surface area contributed by atoms with Gasteiger partial charge in [0.25, 0.3) is 11.8 Å². The number of carboxylic acids is 1. The number of hydrogen-bond donors (Lipinski definition) is 3. The number of fused-ring (bicyclic) bond motifs is 1. The smallest absolute Gasteiger partial charge is 0.372 e. The van der Waals surface area contributed by atoms with Crippen molar-refractivity contribution in [2.75, 3.05) is 64.8 Å². The molecule has 5 amide bonds. The Labute approximate surface area is 281 Å². The molecule has 2 aliphatic heterocycles. The van der Waals surface area contributed by atoms with Gasteiger partial charge in [-0.25, -0.2) is 4.79 Å². The molecule has 1 fully saturated rings. The van der Waals surface area contributed by atoms with Crippen LogP contribution in [-0.2, 0) is 52.5 Å². The van der Waals surface area contributed by atoms with Gasteiger partial charge < -0.3 is 34.1 Å². The summed E-state index contributed by atoms with van der Waals surface area (Å²) in [5.74, 6) is -6.10. The Balaban J connectivity index is 1.15. The predicted octanol–water partition coefficient (Wildman–Crippen LogP) is 0.630. The van der Waals surface area contributed by atoms with Crippen LogP contribution in [0.15, 0.2) is 18.2 Å². The molecule has 2 aliphatic rings. The van der Waals surface area contributed by atoms with Gasteiger partial charge in [-0.05, 0) is 31.4 Å². The van der Waals surface area contributed by atoms with Gasteiger partial charge in [-0.1, -0.05) is 12.5 Å². The monoisotopic (exact) mass is 691 g/mol. The van der Waals surface area contributed by atoms with E-state index in [0.29, 0.717) is 46.1 Å². The second kappa shape index (κ2) is 20.7. The molecule has 2 heterocycles. The summed E-state index contributed by atoms with van der Waals surface area (Å²) < 4.78 is 26.4. The number of imide groups is 2. The number of Topliss-reactive ketones (excluding diaryl/α,β-unsaturated/α-hetero) is 1. The van der Waals surface area contributed by atoms with Crippen LogP contribution in [0.4, 0.5) is 5.69 Å². The van der Waals surface area contributed by atoms with Gasteiger partial charge in [-0.2, -0.15) is 0 Å². The van der Waals surface area contributed by atoms with Gasteiger partial charge >= 0.3 is 11.9 Å². The van der Waals surface area contributed by atoms with E-state index in [1.165, 1.54) is 12.1 Å². The standard InChI is InChI=1S/C32H41N3O14/c36-24(32(43)44)9-11-27(39)49-20-19-48-18-17-47-16-15-46-14-13-45-12-3-1-2-7-25(37)33-22-6-4-5-21-28(22)31(42)35(30(21)41)23-8-10-26(38)34-29(23)40/h4-6,23H,1-3,7-20H2,(H,33,37)(H,43,44)(H,34,38,40). The van der Waals surface area contributed by atoms with Gasteiger partial charge in [0.05, 0.1) is 69.5 Å². The SMILES string of the molecule is O=C1CCC(N2C(=O)c3cccc(NC(=O)CCCCCOCCOCCOCCOCCOC(=O)CCC(=O)C(=O)O)c3C2=O)C(=O)N1. The number of carbonyl (C=O) groups is 8. The third-order valence-corrected chi connectivity index (χ3v) is 7.34. The number of nitrogens with one attached hydrogen (secondary N) is 2. The highest BCUT2D eigenvalue weighted by atomic mass is 16.6. The Bertz CT molecular complexity index is 1380. The molecule has 3 N–H and O–H groups in total. The molecular formula is C32H41N3O14. The van der Waals surface area contributed by atoms with Crippen molar-refractivity contribution in [1.29, 1.82) is 0 Å². The summed E-state index contributed by atoms with van der Waals surface area (Å²) >= 11 is 0. The van der Waals surface area contributed by atoms with E-state index in [1.807, 2.05) is 0 Å². The Morgan fingerprint density at radius 2 is 1.41 bits per heavy atom. The van der Waals surface area contributed by atoms with Gasteiger partial charge in [-0.3, -0.25) is 43.8 Å². The molecule has 1 aromatic rings. The van der Waals surface area contributed by atoms with Gasteiger partial charge in [0.2, 0.25) is 23.5 Å².